The molecule has 0 spiro atoms. The molecule has 192 valence electrons. The van der Waals surface area contributed by atoms with Crippen LogP contribution in [0.1, 0.15) is 26.5 Å². The van der Waals surface area contributed by atoms with Crippen molar-refractivity contribution in [3.8, 4) is 0 Å². The average Bonchev–Trinajstić information content (AvgIpc) is 3.14. The van der Waals surface area contributed by atoms with Gasteiger partial charge in [0.05, 0.1) is 0 Å². The van der Waals surface area contributed by atoms with Gasteiger partial charge in [-0.2, -0.15) is 12.7 Å². The van der Waals surface area contributed by atoms with E-state index in [-0.39, 0.29) is 15.1 Å². The van der Waals surface area contributed by atoms with E-state index in [0.717, 1.165) is 32.1 Å². The minimum atomic E-state index is -5.27. The molecule has 1 aliphatic heterocycles. The third-order valence-corrected chi connectivity index (χ3v) is 6.02. The molecule has 0 saturated carbocycles. The van der Waals surface area contributed by atoms with Gasteiger partial charge in [-0.25, -0.2) is 9.78 Å². The van der Waals surface area contributed by atoms with Crippen molar-refractivity contribution < 1.29 is 52.0 Å². The Balaban J connectivity index is 2.38. The first-order valence-electron chi connectivity index (χ1n) is 9.33. The third kappa shape index (κ3) is 6.00. The van der Waals surface area contributed by atoms with Crippen LogP contribution in [-0.4, -0.2) is 91.6 Å². The smallest absolute Gasteiger partial charge is 0.363 e. The van der Waals surface area contributed by atoms with Gasteiger partial charge in [-0.1, -0.05) is 5.16 Å². The fraction of sp³-hybridized carbons (Fsp3) is 0.438. The lowest BCUT2D eigenvalue weighted by Gasteiger charge is -2.43. The number of hydrogen-bond donors (Lipinski definition) is 6. The molecule has 3 atom stereocenters. The summed E-state index contributed by atoms with van der Waals surface area (Å²) >= 11 is 0.874. The molecule has 2 heterocycles. The van der Waals surface area contributed by atoms with Crippen LogP contribution in [0.4, 0.5) is 5.13 Å². The summed E-state index contributed by atoms with van der Waals surface area (Å²) in [4.78, 5) is 68.7. The van der Waals surface area contributed by atoms with Crippen molar-refractivity contribution in [1.29, 1.82) is 0 Å². The summed E-state index contributed by atoms with van der Waals surface area (Å²) in [5.41, 5.74) is 2.75. The molecule has 1 aromatic heterocycles. The predicted octanol–water partition coefficient (Wildman–Crippen LogP) is -2.60. The number of carboxylic acids is 2. The molecule has 2 rings (SSSR count). The zero-order valence-electron chi connectivity index (χ0n) is 18.2. The number of amides is 3. The number of nitrogen functional groups attached to an aromatic ring is 1. The lowest BCUT2D eigenvalue weighted by Crippen LogP contribution is -2.76. The Hall–Kier alpha value is -3.84. The van der Waals surface area contributed by atoms with Crippen LogP contribution in [0.25, 0.3) is 0 Å². The number of nitrogens with zero attached hydrogens (tertiary/aromatic N) is 3. The number of β-lactam (4-membered cyclic amide) rings is 1. The molecule has 35 heavy (non-hydrogen) atoms. The lowest BCUT2D eigenvalue weighted by molar-refractivity contribution is -0.161. The molecule has 1 saturated heterocycles. The van der Waals surface area contributed by atoms with Gasteiger partial charge in [0.25, 0.3) is 11.8 Å². The number of carbonyl (C=O) groups is 5. The van der Waals surface area contributed by atoms with Crippen molar-refractivity contribution in [2.45, 2.75) is 44.5 Å². The van der Waals surface area contributed by atoms with Crippen LogP contribution in [0.5, 0.6) is 0 Å². The summed E-state index contributed by atoms with van der Waals surface area (Å²) in [7, 11) is -5.27. The maximum absolute atomic E-state index is 12.9. The molecule has 0 radical (unpaired) electrons. The van der Waals surface area contributed by atoms with E-state index in [0.29, 0.717) is 0 Å². The van der Waals surface area contributed by atoms with Crippen LogP contribution in [-0.2, 0) is 39.1 Å². The Bertz CT molecular complexity index is 1210. The molecule has 1 fully saturated rings. The molecule has 0 aromatic carbocycles. The number of aliphatic carboxylic acids is 2. The lowest BCUT2D eigenvalue weighted by atomic mass is 9.97. The van der Waals surface area contributed by atoms with Gasteiger partial charge in [0.2, 0.25) is 11.5 Å². The number of nitrogens with two attached hydrogens (primary N) is 1. The molecular weight excluding hydrogens is 516 g/mol. The van der Waals surface area contributed by atoms with Crippen molar-refractivity contribution >= 4 is 62.1 Å². The highest BCUT2D eigenvalue weighted by molar-refractivity contribution is 7.84. The Morgan fingerprint density at radius 2 is 1.91 bits per heavy atom. The Morgan fingerprint density at radius 1 is 1.31 bits per heavy atom. The van der Waals surface area contributed by atoms with Crippen molar-refractivity contribution in [2.24, 2.45) is 5.16 Å². The van der Waals surface area contributed by atoms with Crippen molar-refractivity contribution in [2.75, 3.05) is 5.73 Å². The number of carbonyl (C=O) groups excluding carboxylic acids is 3. The summed E-state index contributed by atoms with van der Waals surface area (Å²) in [6, 6.07) is -5.46. The van der Waals surface area contributed by atoms with Crippen molar-refractivity contribution in [3.63, 3.8) is 0 Å². The van der Waals surface area contributed by atoms with E-state index < -0.39 is 69.4 Å². The van der Waals surface area contributed by atoms with Crippen LogP contribution >= 0.6 is 11.3 Å². The number of carboxylic acid groups (broad SMARTS) is 2. The number of hydrogen-bond acceptors (Lipinski definition) is 12. The standard InChI is InChI=1S/C16H20N6O11S2/c1-5(13(26)27)18-11(24)9-8(12(25)22(9)35(30,31)32)20-10(23)7(6-4-34-15(17)19-6)21-33-16(2,3)14(28)29/h4-5,8-9H,1-3H3,(H2,17,19)(H,18,24)(H,20,23)(H,26,27)(H,28,29)(H,30,31,32)/t5?,8-,9-/m1/s1. The van der Waals surface area contributed by atoms with E-state index in [1.165, 1.54) is 5.38 Å². The van der Waals surface area contributed by atoms with E-state index in [1.54, 1.807) is 0 Å². The molecule has 0 aliphatic carbocycles. The summed E-state index contributed by atoms with van der Waals surface area (Å²) < 4.78 is 32.1. The zero-order valence-corrected chi connectivity index (χ0v) is 19.8. The maximum atomic E-state index is 12.9. The zero-order chi connectivity index (χ0) is 26.9. The minimum Gasteiger partial charge on any atom is -0.480 e. The molecule has 1 aromatic rings. The van der Waals surface area contributed by atoms with Crippen LogP contribution < -0.4 is 16.4 Å². The Kier molecular flexibility index (Phi) is 7.67. The number of oxime groups is 1. The Morgan fingerprint density at radius 3 is 2.37 bits per heavy atom. The molecule has 1 unspecified atom stereocenters. The first-order chi connectivity index (χ1) is 16.0. The maximum Gasteiger partial charge on any atom is 0.363 e. The van der Waals surface area contributed by atoms with E-state index in [9.17, 15) is 36.9 Å². The quantitative estimate of drug-likeness (QED) is 0.0775. The largest absolute Gasteiger partial charge is 0.480 e. The van der Waals surface area contributed by atoms with E-state index in [4.69, 9.17) is 20.8 Å². The van der Waals surface area contributed by atoms with Crippen LogP contribution in [0, 0.1) is 0 Å². The van der Waals surface area contributed by atoms with Gasteiger partial charge in [0.15, 0.2) is 16.9 Å². The highest BCUT2D eigenvalue weighted by Crippen LogP contribution is 2.24. The highest BCUT2D eigenvalue weighted by Gasteiger charge is 2.58. The second kappa shape index (κ2) is 9.80. The number of thiazole rings is 1. The second-order valence-corrected chi connectivity index (χ2v) is 9.67. The van der Waals surface area contributed by atoms with Gasteiger partial charge in [0, 0.05) is 5.38 Å². The van der Waals surface area contributed by atoms with Crippen LogP contribution in [0.15, 0.2) is 10.5 Å². The third-order valence-electron chi connectivity index (χ3n) is 4.44. The SMILES string of the molecule is CC(NC(=O)[C@H]1[C@@H](NC(=O)C(=NOC(C)(C)C(=O)O)c2csc(N)n2)C(=O)N1S(=O)(=O)O)C(=O)O. The van der Waals surface area contributed by atoms with Crippen molar-refractivity contribution in [3.05, 3.63) is 11.1 Å². The number of nitrogens with one attached hydrogen (secondary N) is 2. The first kappa shape index (κ1) is 27.4. The predicted molar refractivity (Wildman–Crippen MR) is 115 cm³/mol. The summed E-state index contributed by atoms with van der Waals surface area (Å²) in [6.07, 6.45) is 0. The Labute approximate surface area is 200 Å². The van der Waals surface area contributed by atoms with Gasteiger partial charge in [0.1, 0.15) is 17.8 Å². The summed E-state index contributed by atoms with van der Waals surface area (Å²) in [6.45, 7) is 3.28. The van der Waals surface area contributed by atoms with E-state index >= 15 is 0 Å². The van der Waals surface area contributed by atoms with Gasteiger partial charge < -0.3 is 31.4 Å². The number of anilines is 1. The topological polar surface area (TPSA) is 268 Å². The fourth-order valence-corrected chi connectivity index (χ4v) is 3.88. The summed E-state index contributed by atoms with van der Waals surface area (Å²) in [5, 5.41) is 26.8. The number of aromatic nitrogens is 1. The van der Waals surface area contributed by atoms with E-state index in [1.807, 2.05) is 10.6 Å². The fourth-order valence-electron chi connectivity index (χ4n) is 2.49. The van der Waals surface area contributed by atoms with Gasteiger partial charge in [-0.15, -0.1) is 11.3 Å². The first-order valence-corrected chi connectivity index (χ1v) is 11.6. The number of rotatable bonds is 10. The minimum absolute atomic E-state index is 0.0184. The molecular formula is C16H20N6O11S2. The molecule has 17 nitrogen and oxygen atoms in total. The molecule has 19 heteroatoms. The summed E-state index contributed by atoms with van der Waals surface area (Å²) in [5.74, 6) is -6.93. The van der Waals surface area contributed by atoms with Crippen LogP contribution in [0.2, 0.25) is 0 Å². The molecule has 1 aliphatic rings. The van der Waals surface area contributed by atoms with Gasteiger partial charge >= 0.3 is 22.2 Å². The normalized spacial score (nSPS) is 19.4. The molecule has 0 bridgehead atoms. The highest BCUT2D eigenvalue weighted by atomic mass is 32.2. The average molecular weight is 537 g/mol. The monoisotopic (exact) mass is 536 g/mol. The van der Waals surface area contributed by atoms with Crippen molar-refractivity contribution in [1.82, 2.24) is 19.9 Å². The van der Waals surface area contributed by atoms with Gasteiger partial charge in [-0.05, 0) is 20.8 Å². The van der Waals surface area contributed by atoms with Crippen LogP contribution in [0.3, 0.4) is 0 Å². The molecule has 7 N–H and O–H groups in total. The second-order valence-electron chi connectivity index (χ2n) is 7.49. The van der Waals surface area contributed by atoms with E-state index in [2.05, 4.69) is 10.1 Å². The van der Waals surface area contributed by atoms with Gasteiger partial charge in [-0.3, -0.25) is 23.7 Å². The molecule has 3 amide bonds.